The highest BCUT2D eigenvalue weighted by atomic mass is 19.2. The minimum absolute atomic E-state index is 0.0915. The largest absolute Gasteiger partial charge is 0.511 e. The van der Waals surface area contributed by atoms with E-state index in [0.29, 0.717) is 0 Å². The summed E-state index contributed by atoms with van der Waals surface area (Å²) in [5, 5.41) is 8.12. The fraction of sp³-hybridized carbons (Fsp3) is 0.231. The molecule has 21 heavy (non-hydrogen) atoms. The van der Waals surface area contributed by atoms with Gasteiger partial charge in [-0.1, -0.05) is 0 Å². The van der Waals surface area contributed by atoms with Crippen LogP contribution in [0, 0.1) is 24.4 Å². The predicted molar refractivity (Wildman–Crippen MR) is 67.1 cm³/mol. The summed E-state index contributed by atoms with van der Waals surface area (Å²) in [5.41, 5.74) is -1.86. The number of benzene rings is 1. The number of aryl methyl sites for hydroxylation is 2. The molecule has 0 atom stereocenters. The average molecular weight is 301 g/mol. The number of hydrogen-bond acceptors (Lipinski definition) is 3. The summed E-state index contributed by atoms with van der Waals surface area (Å²) in [6.45, 7) is 2.75. The van der Waals surface area contributed by atoms with E-state index in [1.54, 1.807) is 6.92 Å². The van der Waals surface area contributed by atoms with Gasteiger partial charge in [0.1, 0.15) is 0 Å². The van der Waals surface area contributed by atoms with E-state index >= 15 is 0 Å². The molecule has 0 bridgehead atoms. The van der Waals surface area contributed by atoms with Crippen LogP contribution in [0.5, 0.6) is 5.75 Å². The molecule has 1 aromatic carbocycles. The first-order valence-electron chi connectivity index (χ1n) is 5.90. The van der Waals surface area contributed by atoms with Crippen molar-refractivity contribution in [3.05, 3.63) is 39.4 Å². The van der Waals surface area contributed by atoms with Crippen molar-refractivity contribution in [2.24, 2.45) is 0 Å². The number of carboxylic acid groups (broad SMARTS) is 1. The molecule has 0 aliphatic carbocycles. The van der Waals surface area contributed by atoms with Gasteiger partial charge in [-0.2, -0.15) is 0 Å². The molecule has 0 unspecified atom stereocenters. The smallest absolute Gasteiger partial charge is 0.449 e. The lowest BCUT2D eigenvalue weighted by Crippen LogP contribution is -2.19. The molecule has 0 aliphatic heterocycles. The van der Waals surface area contributed by atoms with Crippen LogP contribution in [0.1, 0.15) is 12.5 Å². The number of carbonyl (C=O) groups is 1. The number of fused-ring (bicyclic) bond motifs is 1. The number of pyridine rings is 1. The number of halogens is 3. The number of rotatable bonds is 2. The third kappa shape index (κ3) is 2.22. The molecule has 0 spiro atoms. The van der Waals surface area contributed by atoms with Crippen LogP contribution < -0.4 is 10.2 Å². The maximum Gasteiger partial charge on any atom is 0.511 e. The minimum atomic E-state index is -1.74. The highest BCUT2D eigenvalue weighted by molar-refractivity contribution is 5.85. The van der Waals surface area contributed by atoms with E-state index < -0.39 is 51.3 Å². The lowest BCUT2D eigenvalue weighted by Gasteiger charge is -2.14. The summed E-state index contributed by atoms with van der Waals surface area (Å²) < 4.78 is 46.4. The summed E-state index contributed by atoms with van der Waals surface area (Å²) in [7, 11) is 0. The zero-order valence-electron chi connectivity index (χ0n) is 11.0. The first-order valence-corrected chi connectivity index (χ1v) is 5.90. The molecule has 5 nitrogen and oxygen atoms in total. The van der Waals surface area contributed by atoms with Crippen LogP contribution in [0.4, 0.5) is 18.0 Å². The van der Waals surface area contributed by atoms with Gasteiger partial charge in [0.05, 0.1) is 17.1 Å². The Morgan fingerprint density at radius 1 is 1.29 bits per heavy atom. The zero-order valence-corrected chi connectivity index (χ0v) is 11.0. The average Bonchev–Trinajstić information content (AvgIpc) is 2.43. The highest BCUT2D eigenvalue weighted by Gasteiger charge is 2.24. The van der Waals surface area contributed by atoms with Gasteiger partial charge in [0, 0.05) is 12.1 Å². The highest BCUT2D eigenvalue weighted by Crippen LogP contribution is 2.27. The SMILES string of the molecule is CCn1cc(OC(=O)O)c(=O)c2c(C)c(F)c(F)c(F)c21. The Kier molecular flexibility index (Phi) is 3.63. The predicted octanol–water partition coefficient (Wildman–Crippen LogP) is 2.80. The Morgan fingerprint density at radius 2 is 1.90 bits per heavy atom. The van der Waals surface area contributed by atoms with Gasteiger partial charge in [-0.15, -0.1) is 0 Å². The maximum atomic E-state index is 13.9. The zero-order chi connectivity index (χ0) is 15.9. The number of aromatic nitrogens is 1. The van der Waals surface area contributed by atoms with Crippen molar-refractivity contribution < 1.29 is 27.8 Å². The number of nitrogens with zero attached hydrogens (tertiary/aromatic N) is 1. The molecule has 1 heterocycles. The van der Waals surface area contributed by atoms with E-state index in [2.05, 4.69) is 4.74 Å². The summed E-state index contributed by atoms with van der Waals surface area (Å²) in [4.78, 5) is 22.7. The molecule has 1 aromatic heterocycles. The molecule has 0 saturated heterocycles. The fourth-order valence-electron chi connectivity index (χ4n) is 2.11. The molecule has 2 rings (SSSR count). The fourth-order valence-corrected chi connectivity index (χ4v) is 2.11. The molecule has 0 saturated carbocycles. The molecule has 2 aromatic rings. The Labute approximate surface area is 116 Å². The number of hydrogen-bond donors (Lipinski definition) is 1. The molecule has 0 amide bonds. The van der Waals surface area contributed by atoms with Gasteiger partial charge < -0.3 is 14.4 Å². The molecule has 8 heteroatoms. The summed E-state index contributed by atoms with van der Waals surface area (Å²) in [5.74, 6) is -5.29. The van der Waals surface area contributed by atoms with Gasteiger partial charge in [-0.3, -0.25) is 4.79 Å². The van der Waals surface area contributed by atoms with Crippen LogP contribution in [0.25, 0.3) is 10.9 Å². The summed E-state index contributed by atoms with van der Waals surface area (Å²) >= 11 is 0. The van der Waals surface area contributed by atoms with Gasteiger partial charge >= 0.3 is 6.16 Å². The summed E-state index contributed by atoms with van der Waals surface area (Å²) in [6, 6.07) is 0. The van der Waals surface area contributed by atoms with E-state index in [0.717, 1.165) is 17.7 Å². The Hall–Kier alpha value is -2.51. The van der Waals surface area contributed by atoms with Gasteiger partial charge in [0.2, 0.25) is 5.43 Å². The molecule has 0 radical (unpaired) electrons. The molecule has 0 fully saturated rings. The summed E-state index contributed by atoms with van der Waals surface area (Å²) in [6.07, 6.45) is -0.798. The van der Waals surface area contributed by atoms with Gasteiger partial charge in [0.25, 0.3) is 0 Å². The number of ether oxygens (including phenoxy) is 1. The van der Waals surface area contributed by atoms with Crippen LogP contribution in [-0.4, -0.2) is 15.8 Å². The van der Waals surface area contributed by atoms with Crippen LogP contribution >= 0.6 is 0 Å². The van der Waals surface area contributed by atoms with Crippen molar-refractivity contribution in [3.63, 3.8) is 0 Å². The Morgan fingerprint density at radius 3 is 2.43 bits per heavy atom. The first-order chi connectivity index (χ1) is 9.79. The Bertz CT molecular complexity index is 814. The molecular weight excluding hydrogens is 291 g/mol. The first kappa shape index (κ1) is 14.9. The Balaban J connectivity index is 3.03. The third-order valence-electron chi connectivity index (χ3n) is 3.08. The second kappa shape index (κ2) is 5.12. The van der Waals surface area contributed by atoms with Gasteiger partial charge in [-0.25, -0.2) is 18.0 Å². The van der Waals surface area contributed by atoms with Crippen LogP contribution in [0.15, 0.2) is 11.0 Å². The molecular formula is C13H10F3NO4. The third-order valence-corrected chi connectivity index (χ3v) is 3.08. The standard InChI is InChI=1S/C13H10F3NO4/c1-3-17-4-6(21-13(19)20)12(18)7-5(2)8(14)9(15)10(16)11(7)17/h4H,3H2,1-2H3,(H,19,20). The topological polar surface area (TPSA) is 68.5 Å². The van der Waals surface area contributed by atoms with Crippen LogP contribution in [0.2, 0.25) is 0 Å². The van der Waals surface area contributed by atoms with E-state index in [9.17, 15) is 22.8 Å². The van der Waals surface area contributed by atoms with Crippen molar-refractivity contribution in [3.8, 4) is 5.75 Å². The van der Waals surface area contributed by atoms with E-state index in [-0.39, 0.29) is 6.54 Å². The van der Waals surface area contributed by atoms with Crippen molar-refractivity contribution in [2.75, 3.05) is 0 Å². The monoisotopic (exact) mass is 301 g/mol. The van der Waals surface area contributed by atoms with E-state index in [1.165, 1.54) is 0 Å². The van der Waals surface area contributed by atoms with Crippen molar-refractivity contribution in [1.29, 1.82) is 0 Å². The lowest BCUT2D eigenvalue weighted by molar-refractivity contribution is 0.144. The van der Waals surface area contributed by atoms with Crippen molar-refractivity contribution in [2.45, 2.75) is 20.4 Å². The normalized spacial score (nSPS) is 10.9. The van der Waals surface area contributed by atoms with Crippen molar-refractivity contribution in [1.82, 2.24) is 4.57 Å². The quantitative estimate of drug-likeness (QED) is 0.684. The second-order valence-electron chi connectivity index (χ2n) is 4.27. The van der Waals surface area contributed by atoms with Gasteiger partial charge in [-0.05, 0) is 13.8 Å². The molecule has 112 valence electrons. The van der Waals surface area contributed by atoms with Crippen LogP contribution in [-0.2, 0) is 6.54 Å². The van der Waals surface area contributed by atoms with E-state index in [4.69, 9.17) is 5.11 Å². The van der Waals surface area contributed by atoms with E-state index in [1.807, 2.05) is 0 Å². The van der Waals surface area contributed by atoms with Crippen molar-refractivity contribution >= 4 is 17.1 Å². The lowest BCUT2D eigenvalue weighted by atomic mass is 10.1. The second-order valence-corrected chi connectivity index (χ2v) is 4.27. The minimum Gasteiger partial charge on any atom is -0.449 e. The van der Waals surface area contributed by atoms with Gasteiger partial charge in [0.15, 0.2) is 23.2 Å². The maximum absolute atomic E-state index is 13.9. The van der Waals surface area contributed by atoms with Crippen LogP contribution in [0.3, 0.4) is 0 Å². The molecule has 0 aliphatic rings. The molecule has 1 N–H and O–H groups in total.